The highest BCUT2D eigenvalue weighted by atomic mass is 35.5. The summed E-state index contributed by atoms with van der Waals surface area (Å²) in [6.07, 6.45) is 2.89. The van der Waals surface area contributed by atoms with Crippen LogP contribution in [0.15, 0.2) is 30.5 Å². The molecule has 3 aromatic heterocycles. The molecule has 1 aliphatic heterocycles. The van der Waals surface area contributed by atoms with Gasteiger partial charge in [0.1, 0.15) is 11.8 Å². The number of nitriles is 1. The largest absolute Gasteiger partial charge is 0.476 e. The zero-order valence-corrected chi connectivity index (χ0v) is 22.6. The molecule has 1 aromatic carbocycles. The average Bonchev–Trinajstić information content (AvgIpc) is 3.29. The second-order valence-corrected chi connectivity index (χ2v) is 11.2. The molecule has 0 spiro atoms. The lowest BCUT2D eigenvalue weighted by atomic mass is 9.87. The maximum atomic E-state index is 13.9. The molecular weight excluding hydrogens is 505 g/mol. The molecule has 4 aromatic rings. The predicted octanol–water partition coefficient (Wildman–Crippen LogP) is 5.81. The third-order valence-electron chi connectivity index (χ3n) is 6.61. The normalized spacial score (nSPS) is 14.0. The smallest absolute Gasteiger partial charge is 0.236 e. The van der Waals surface area contributed by atoms with Crippen LogP contribution in [-0.4, -0.2) is 38.1 Å². The predicted molar refractivity (Wildman–Crippen MR) is 144 cm³/mol. The van der Waals surface area contributed by atoms with Crippen molar-refractivity contribution < 1.29 is 9.13 Å². The van der Waals surface area contributed by atoms with Gasteiger partial charge in [-0.3, -0.25) is 4.98 Å². The Labute approximate surface area is 225 Å². The number of fused-ring (bicyclic) bond motifs is 2. The first-order valence-electron chi connectivity index (χ1n) is 12.6. The van der Waals surface area contributed by atoms with Gasteiger partial charge in [0.15, 0.2) is 0 Å². The molecule has 0 radical (unpaired) electrons. The standard InChI is InChI=1S/C28H29ClFN7O/c1-16-19(6-7-23(30)34-16)20(26-27-37(36-35-26)8-5-9-38-27)10-17-11-21-24(33-15-28(2,3)4)18(13-31)14-32-25(21)22(29)12-17/h6-7,11-12,14,20H,5,8-10,15H2,1-4H3,(H,32,33)/t20-/m0/s1. The van der Waals surface area contributed by atoms with Gasteiger partial charge in [-0.25, -0.2) is 9.67 Å². The molecule has 0 amide bonds. The minimum atomic E-state index is -0.537. The Morgan fingerprint density at radius 3 is 2.84 bits per heavy atom. The van der Waals surface area contributed by atoms with Gasteiger partial charge in [-0.1, -0.05) is 43.7 Å². The number of nitrogens with one attached hydrogen (secondary N) is 1. The van der Waals surface area contributed by atoms with E-state index in [0.717, 1.165) is 29.5 Å². The first kappa shape index (κ1) is 25.9. The van der Waals surface area contributed by atoms with Crippen LogP contribution in [0.1, 0.15) is 61.2 Å². The van der Waals surface area contributed by atoms with E-state index in [1.54, 1.807) is 23.9 Å². The highest BCUT2D eigenvalue weighted by Gasteiger charge is 2.29. The maximum absolute atomic E-state index is 13.9. The zero-order chi connectivity index (χ0) is 27.0. The van der Waals surface area contributed by atoms with Gasteiger partial charge in [0.2, 0.25) is 11.8 Å². The van der Waals surface area contributed by atoms with E-state index < -0.39 is 5.95 Å². The molecule has 1 atom stereocenters. The Morgan fingerprint density at radius 2 is 2.11 bits per heavy atom. The van der Waals surface area contributed by atoms with E-state index in [0.29, 0.717) is 58.6 Å². The minimum Gasteiger partial charge on any atom is -0.476 e. The van der Waals surface area contributed by atoms with Crippen LogP contribution in [0.3, 0.4) is 0 Å². The summed E-state index contributed by atoms with van der Waals surface area (Å²) in [5.41, 5.74) is 4.75. The third kappa shape index (κ3) is 5.14. The average molecular weight is 534 g/mol. The highest BCUT2D eigenvalue weighted by molar-refractivity contribution is 6.35. The number of pyridine rings is 2. The van der Waals surface area contributed by atoms with Crippen LogP contribution in [-0.2, 0) is 13.0 Å². The van der Waals surface area contributed by atoms with Crippen molar-refractivity contribution in [3.63, 3.8) is 0 Å². The summed E-state index contributed by atoms with van der Waals surface area (Å²) in [6, 6.07) is 9.24. The molecule has 38 heavy (non-hydrogen) atoms. The monoisotopic (exact) mass is 533 g/mol. The number of halogens is 2. The molecular formula is C28H29ClFN7O. The highest BCUT2D eigenvalue weighted by Crippen LogP contribution is 2.38. The Kier molecular flexibility index (Phi) is 6.93. The second kappa shape index (κ2) is 10.2. The van der Waals surface area contributed by atoms with E-state index in [9.17, 15) is 9.65 Å². The molecule has 0 aliphatic carbocycles. The van der Waals surface area contributed by atoms with Crippen LogP contribution < -0.4 is 10.1 Å². The number of hydrogen-bond acceptors (Lipinski definition) is 7. The molecule has 0 fully saturated rings. The Morgan fingerprint density at radius 1 is 1.29 bits per heavy atom. The zero-order valence-electron chi connectivity index (χ0n) is 21.8. The summed E-state index contributed by atoms with van der Waals surface area (Å²) in [5, 5.41) is 23.3. The summed E-state index contributed by atoms with van der Waals surface area (Å²) < 4.78 is 21.7. The van der Waals surface area contributed by atoms with E-state index in [-0.39, 0.29) is 11.3 Å². The van der Waals surface area contributed by atoms with Crippen LogP contribution in [0.4, 0.5) is 10.1 Å². The number of benzene rings is 1. The first-order valence-corrected chi connectivity index (χ1v) is 13.0. The third-order valence-corrected chi connectivity index (χ3v) is 6.89. The van der Waals surface area contributed by atoms with Crippen LogP contribution in [0.5, 0.6) is 5.88 Å². The molecule has 1 aliphatic rings. The van der Waals surface area contributed by atoms with Crippen molar-refractivity contribution in [3.05, 3.63) is 69.5 Å². The van der Waals surface area contributed by atoms with Crippen molar-refractivity contribution in [1.82, 2.24) is 25.0 Å². The summed E-state index contributed by atoms with van der Waals surface area (Å²) in [7, 11) is 0. The molecule has 8 nitrogen and oxygen atoms in total. The summed E-state index contributed by atoms with van der Waals surface area (Å²) in [4.78, 5) is 8.54. The molecule has 0 bridgehead atoms. The number of aromatic nitrogens is 5. The van der Waals surface area contributed by atoms with Gasteiger partial charge >= 0.3 is 0 Å². The van der Waals surface area contributed by atoms with E-state index >= 15 is 0 Å². The van der Waals surface area contributed by atoms with Crippen molar-refractivity contribution in [3.8, 4) is 11.9 Å². The number of nitrogens with zero attached hydrogens (tertiary/aromatic N) is 6. The lowest BCUT2D eigenvalue weighted by molar-refractivity contribution is 0.227. The molecule has 196 valence electrons. The minimum absolute atomic E-state index is 0.00482. The lowest BCUT2D eigenvalue weighted by Crippen LogP contribution is -2.20. The number of ether oxygens (including phenoxy) is 1. The van der Waals surface area contributed by atoms with Gasteiger partial charge in [0, 0.05) is 42.7 Å². The molecule has 1 N–H and O–H groups in total. The topological polar surface area (TPSA) is 102 Å². The Hall–Kier alpha value is -3.77. The van der Waals surface area contributed by atoms with E-state index in [1.807, 2.05) is 12.1 Å². The van der Waals surface area contributed by atoms with Crippen molar-refractivity contribution in [2.75, 3.05) is 18.5 Å². The summed E-state index contributed by atoms with van der Waals surface area (Å²) in [5.74, 6) is -0.223. The lowest BCUT2D eigenvalue weighted by Gasteiger charge is -2.22. The second-order valence-electron chi connectivity index (χ2n) is 10.8. The molecule has 4 heterocycles. The van der Waals surface area contributed by atoms with Gasteiger partial charge in [0.25, 0.3) is 0 Å². The number of anilines is 1. The van der Waals surface area contributed by atoms with Gasteiger partial charge in [-0.05, 0) is 48.1 Å². The fourth-order valence-corrected chi connectivity index (χ4v) is 5.07. The molecule has 5 rings (SSSR count). The van der Waals surface area contributed by atoms with Crippen molar-refractivity contribution in [2.24, 2.45) is 5.41 Å². The fourth-order valence-electron chi connectivity index (χ4n) is 4.78. The van der Waals surface area contributed by atoms with Gasteiger partial charge in [-0.15, -0.1) is 5.10 Å². The summed E-state index contributed by atoms with van der Waals surface area (Å²) >= 11 is 6.75. The van der Waals surface area contributed by atoms with Crippen molar-refractivity contribution >= 4 is 28.2 Å². The van der Waals surface area contributed by atoms with Crippen LogP contribution in [0.2, 0.25) is 5.02 Å². The van der Waals surface area contributed by atoms with E-state index in [4.69, 9.17) is 16.3 Å². The van der Waals surface area contributed by atoms with Crippen molar-refractivity contribution in [1.29, 1.82) is 5.26 Å². The quantitative estimate of drug-likeness (QED) is 0.312. The van der Waals surface area contributed by atoms with Gasteiger partial charge in [0.05, 0.1) is 28.4 Å². The Bertz CT molecular complexity index is 1550. The van der Waals surface area contributed by atoms with Crippen molar-refractivity contribution in [2.45, 2.75) is 53.0 Å². The van der Waals surface area contributed by atoms with Gasteiger partial charge in [-0.2, -0.15) is 9.65 Å². The van der Waals surface area contributed by atoms with Gasteiger partial charge < -0.3 is 10.1 Å². The number of hydrogen-bond donors (Lipinski definition) is 1. The molecule has 0 saturated carbocycles. The van der Waals surface area contributed by atoms with Crippen LogP contribution >= 0.6 is 11.6 Å². The first-order chi connectivity index (χ1) is 18.1. The molecule has 0 saturated heterocycles. The van der Waals surface area contributed by atoms with Crippen LogP contribution in [0.25, 0.3) is 10.9 Å². The summed E-state index contributed by atoms with van der Waals surface area (Å²) in [6.45, 7) is 10.1. The molecule has 10 heteroatoms. The SMILES string of the molecule is Cc1nc(F)ccc1[C@H](Cc1cc(Cl)c2ncc(C#N)c(NCC(C)(C)C)c2c1)c1nnn2c1OCCC2. The molecule has 0 unspecified atom stereocenters. The van der Waals surface area contributed by atoms with E-state index in [1.165, 1.54) is 6.07 Å². The van der Waals surface area contributed by atoms with E-state index in [2.05, 4.69) is 52.4 Å². The van der Waals surface area contributed by atoms with Crippen LogP contribution in [0, 0.1) is 29.6 Å². The number of rotatable bonds is 6. The fraction of sp³-hybridized carbons (Fsp3) is 0.393. The number of aryl methyl sites for hydroxylation is 2. The maximum Gasteiger partial charge on any atom is 0.236 e. The Balaban J connectivity index is 1.63.